The maximum absolute atomic E-state index is 13.7. The molecule has 1 aliphatic rings. The quantitative estimate of drug-likeness (QED) is 0.179. The zero-order valence-corrected chi connectivity index (χ0v) is 23.6. The number of aromatic hydroxyl groups is 1. The van der Waals surface area contributed by atoms with Gasteiger partial charge in [0.1, 0.15) is 28.6 Å². The summed E-state index contributed by atoms with van der Waals surface area (Å²) in [5.41, 5.74) is 4.17. The van der Waals surface area contributed by atoms with Crippen LogP contribution in [0.3, 0.4) is 0 Å². The number of methoxy groups -OCH3 is 1. The summed E-state index contributed by atoms with van der Waals surface area (Å²) < 4.78 is 11.2. The van der Waals surface area contributed by atoms with Crippen molar-refractivity contribution < 1.29 is 19.4 Å². The highest BCUT2D eigenvalue weighted by atomic mass is 35.5. The first-order chi connectivity index (χ1) is 19.5. The van der Waals surface area contributed by atoms with E-state index in [1.807, 2.05) is 53.4 Å². The normalized spacial score (nSPS) is 14.4. The van der Waals surface area contributed by atoms with E-state index in [9.17, 15) is 9.90 Å². The van der Waals surface area contributed by atoms with Crippen molar-refractivity contribution in [1.29, 1.82) is 0 Å². The number of aromatic amines is 1. The number of nitrogens with one attached hydrogen (secondary N) is 1. The van der Waals surface area contributed by atoms with Gasteiger partial charge in [-0.05, 0) is 66.4 Å². The third-order valence-corrected chi connectivity index (χ3v) is 7.58. The molecule has 2 heterocycles. The molecule has 0 radical (unpaired) electrons. The van der Waals surface area contributed by atoms with Crippen LogP contribution in [0, 0.1) is 0 Å². The first-order valence-electron chi connectivity index (χ1n) is 13.7. The summed E-state index contributed by atoms with van der Waals surface area (Å²) in [5, 5.41) is 18.5. The van der Waals surface area contributed by atoms with Crippen LogP contribution in [0.4, 0.5) is 0 Å². The number of carbonyl (C=O) groups is 1. The molecule has 40 heavy (non-hydrogen) atoms. The van der Waals surface area contributed by atoms with E-state index in [-0.39, 0.29) is 11.7 Å². The Morgan fingerprint density at radius 1 is 1.00 bits per heavy atom. The number of halogens is 1. The Hall–Kier alpha value is -3.97. The van der Waals surface area contributed by atoms with Gasteiger partial charge in [-0.15, -0.1) is 0 Å². The molecule has 0 fully saturated rings. The third-order valence-electron chi connectivity index (χ3n) is 7.34. The van der Waals surface area contributed by atoms with E-state index in [1.165, 1.54) is 12.8 Å². The summed E-state index contributed by atoms with van der Waals surface area (Å²) in [7, 11) is 1.64. The van der Waals surface area contributed by atoms with Gasteiger partial charge in [-0.1, -0.05) is 62.1 Å². The maximum Gasteiger partial charge on any atom is 0.273 e. The minimum atomic E-state index is -0.397. The molecule has 1 unspecified atom stereocenters. The lowest BCUT2D eigenvalue weighted by atomic mass is 9.95. The fourth-order valence-electron chi connectivity index (χ4n) is 5.18. The monoisotopic (exact) mass is 559 g/mol. The second-order valence-corrected chi connectivity index (χ2v) is 10.4. The van der Waals surface area contributed by atoms with Gasteiger partial charge >= 0.3 is 0 Å². The summed E-state index contributed by atoms with van der Waals surface area (Å²) in [6.45, 7) is 3.37. The predicted molar refractivity (Wildman–Crippen MR) is 156 cm³/mol. The lowest BCUT2D eigenvalue weighted by Gasteiger charge is -2.27. The van der Waals surface area contributed by atoms with Crippen LogP contribution in [-0.2, 0) is 6.42 Å². The first-order valence-corrected chi connectivity index (χ1v) is 14.1. The smallest absolute Gasteiger partial charge is 0.273 e. The molecule has 7 nitrogen and oxygen atoms in total. The summed E-state index contributed by atoms with van der Waals surface area (Å²) in [6, 6.07) is 20.2. The summed E-state index contributed by atoms with van der Waals surface area (Å²) in [5.74, 6) is 1.51. The molecule has 0 saturated heterocycles. The van der Waals surface area contributed by atoms with Crippen molar-refractivity contribution in [1.82, 2.24) is 15.1 Å². The standard InChI is InChI=1S/C32H34ClN3O4/c1-3-4-5-6-19-40-25-14-9-22(10-15-25)31-28-29(26-20-23(33)11-16-27(26)37)34-35-30(28)32(38)36(31)18-17-21-7-12-24(39-2)13-8-21/h7-16,20,31,37H,3-6,17-19H2,1-2H3,(H,34,35). The van der Waals surface area contributed by atoms with Gasteiger partial charge in [-0.2, -0.15) is 5.10 Å². The van der Waals surface area contributed by atoms with Crippen LogP contribution in [0.5, 0.6) is 17.2 Å². The number of phenolic OH excluding ortho intramolecular Hbond substituents is 1. The molecule has 0 spiro atoms. The van der Waals surface area contributed by atoms with Gasteiger partial charge in [0, 0.05) is 22.7 Å². The molecule has 1 aliphatic heterocycles. The summed E-state index contributed by atoms with van der Waals surface area (Å²) in [4.78, 5) is 15.6. The number of ether oxygens (including phenoxy) is 2. The Morgan fingerprint density at radius 2 is 1.75 bits per heavy atom. The van der Waals surface area contributed by atoms with E-state index in [4.69, 9.17) is 21.1 Å². The predicted octanol–water partition coefficient (Wildman–Crippen LogP) is 7.19. The van der Waals surface area contributed by atoms with Crippen LogP contribution in [0.25, 0.3) is 11.3 Å². The average molecular weight is 560 g/mol. The SMILES string of the molecule is CCCCCCOc1ccc(C2c3c(-c4cc(Cl)ccc4O)n[nH]c3C(=O)N2CCc2ccc(OC)cc2)cc1. The van der Waals surface area contributed by atoms with Gasteiger partial charge in [0.15, 0.2) is 0 Å². The molecule has 0 aliphatic carbocycles. The van der Waals surface area contributed by atoms with Crippen LogP contribution in [0.15, 0.2) is 66.7 Å². The van der Waals surface area contributed by atoms with Crippen LogP contribution in [-0.4, -0.2) is 46.4 Å². The van der Waals surface area contributed by atoms with E-state index in [0.717, 1.165) is 41.0 Å². The molecule has 208 valence electrons. The van der Waals surface area contributed by atoms with Gasteiger partial charge in [0.25, 0.3) is 5.91 Å². The Kier molecular flexibility index (Phi) is 8.60. The summed E-state index contributed by atoms with van der Waals surface area (Å²) in [6.07, 6.45) is 5.25. The number of aromatic nitrogens is 2. The molecule has 3 aromatic carbocycles. The second-order valence-electron chi connectivity index (χ2n) is 10.00. The molecule has 1 amide bonds. The fraction of sp³-hybridized carbons (Fsp3) is 0.312. The van der Waals surface area contributed by atoms with Crippen LogP contribution in [0.1, 0.15) is 65.8 Å². The minimum absolute atomic E-state index is 0.0494. The van der Waals surface area contributed by atoms with E-state index < -0.39 is 6.04 Å². The van der Waals surface area contributed by atoms with Gasteiger partial charge in [-0.25, -0.2) is 0 Å². The number of rotatable bonds is 12. The zero-order valence-electron chi connectivity index (χ0n) is 22.8. The molecule has 1 aromatic heterocycles. The number of phenols is 1. The van der Waals surface area contributed by atoms with Crippen LogP contribution >= 0.6 is 11.6 Å². The highest BCUT2D eigenvalue weighted by molar-refractivity contribution is 6.31. The molecular formula is C32H34ClN3O4. The van der Waals surface area contributed by atoms with Gasteiger partial charge < -0.3 is 19.5 Å². The number of hydrogen-bond acceptors (Lipinski definition) is 5. The van der Waals surface area contributed by atoms with Gasteiger partial charge in [0.2, 0.25) is 0 Å². The van der Waals surface area contributed by atoms with E-state index in [0.29, 0.717) is 41.5 Å². The number of unbranched alkanes of at least 4 members (excludes halogenated alkanes) is 3. The lowest BCUT2D eigenvalue weighted by Crippen LogP contribution is -2.31. The number of benzene rings is 3. The molecule has 1 atom stereocenters. The zero-order chi connectivity index (χ0) is 28.1. The van der Waals surface area contributed by atoms with Crippen molar-refractivity contribution in [3.63, 3.8) is 0 Å². The number of H-pyrrole nitrogens is 1. The molecular weight excluding hydrogens is 526 g/mol. The highest BCUT2D eigenvalue weighted by Gasteiger charge is 2.42. The molecule has 8 heteroatoms. The van der Waals surface area contributed by atoms with Crippen LogP contribution < -0.4 is 9.47 Å². The van der Waals surface area contributed by atoms with E-state index >= 15 is 0 Å². The number of carbonyl (C=O) groups excluding carboxylic acids is 1. The number of fused-ring (bicyclic) bond motifs is 1. The summed E-state index contributed by atoms with van der Waals surface area (Å²) >= 11 is 6.27. The maximum atomic E-state index is 13.7. The third kappa shape index (κ3) is 5.80. The molecule has 0 saturated carbocycles. The average Bonchev–Trinajstić information content (AvgIpc) is 3.52. The van der Waals surface area contributed by atoms with Crippen LogP contribution in [0.2, 0.25) is 5.02 Å². The highest BCUT2D eigenvalue weighted by Crippen LogP contribution is 2.45. The minimum Gasteiger partial charge on any atom is -0.507 e. The Labute approximate surface area is 239 Å². The number of amides is 1. The Balaban J connectivity index is 1.46. The van der Waals surface area contributed by atoms with Crippen molar-refractivity contribution >= 4 is 17.5 Å². The van der Waals surface area contributed by atoms with E-state index in [2.05, 4.69) is 17.1 Å². The van der Waals surface area contributed by atoms with Gasteiger partial charge in [-0.3, -0.25) is 9.89 Å². The molecule has 2 N–H and O–H groups in total. The Bertz CT molecular complexity index is 1450. The van der Waals surface area contributed by atoms with E-state index in [1.54, 1.807) is 25.3 Å². The molecule has 0 bridgehead atoms. The molecule has 4 aromatic rings. The van der Waals surface area contributed by atoms with Crippen molar-refractivity contribution in [2.24, 2.45) is 0 Å². The lowest BCUT2D eigenvalue weighted by molar-refractivity contribution is 0.0746. The first kappa shape index (κ1) is 27.6. The fourth-order valence-corrected chi connectivity index (χ4v) is 5.36. The number of hydrogen-bond donors (Lipinski definition) is 2. The molecule has 5 rings (SSSR count). The second kappa shape index (κ2) is 12.5. The Morgan fingerprint density at radius 3 is 2.48 bits per heavy atom. The largest absolute Gasteiger partial charge is 0.507 e. The van der Waals surface area contributed by atoms with Crippen molar-refractivity contribution in [3.8, 4) is 28.5 Å². The van der Waals surface area contributed by atoms with Crippen molar-refractivity contribution in [2.75, 3.05) is 20.3 Å². The topological polar surface area (TPSA) is 87.7 Å². The number of nitrogens with zero attached hydrogens (tertiary/aromatic N) is 2. The van der Waals surface area contributed by atoms with Crippen molar-refractivity contribution in [2.45, 2.75) is 45.1 Å². The van der Waals surface area contributed by atoms with Crippen molar-refractivity contribution in [3.05, 3.63) is 94.1 Å². The van der Waals surface area contributed by atoms with Gasteiger partial charge in [0.05, 0.1) is 19.8 Å².